The Morgan fingerprint density at radius 3 is 3.05 bits per heavy atom. The van der Waals surface area contributed by atoms with E-state index in [0.717, 1.165) is 29.2 Å². The molecule has 0 saturated carbocycles. The predicted octanol–water partition coefficient (Wildman–Crippen LogP) is 2.06. The summed E-state index contributed by atoms with van der Waals surface area (Å²) in [4.78, 5) is 23.9. The first-order valence-electron chi connectivity index (χ1n) is 7.06. The van der Waals surface area contributed by atoms with Gasteiger partial charge >= 0.3 is 0 Å². The van der Waals surface area contributed by atoms with Crippen molar-refractivity contribution in [2.75, 3.05) is 11.1 Å². The van der Waals surface area contributed by atoms with Crippen LogP contribution in [0.2, 0.25) is 0 Å². The van der Waals surface area contributed by atoms with Crippen molar-refractivity contribution >= 4 is 29.1 Å². The highest BCUT2D eigenvalue weighted by atomic mass is 32.2. The van der Waals surface area contributed by atoms with E-state index in [1.54, 1.807) is 17.0 Å². The largest absolute Gasteiger partial charge is 0.326 e. The second-order valence-electron chi connectivity index (χ2n) is 5.21. The molecule has 0 fully saturated rings. The molecular weight excluding hydrogens is 300 g/mol. The van der Waals surface area contributed by atoms with Gasteiger partial charge in [0.25, 0.3) is 0 Å². The Kier molecular flexibility index (Phi) is 4.24. The molecule has 0 bridgehead atoms. The van der Waals surface area contributed by atoms with Gasteiger partial charge in [-0.2, -0.15) is 0 Å². The summed E-state index contributed by atoms with van der Waals surface area (Å²) in [6.45, 7) is 0. The highest BCUT2D eigenvalue weighted by Crippen LogP contribution is 2.24. The number of hydrogen-bond donors (Lipinski definition) is 1. The zero-order valence-electron chi connectivity index (χ0n) is 12.2. The number of rotatable bonds is 4. The SMILES string of the molecule is Cn1cnnc1SCC(=O)c1ccc2c(c1)CCCC(=O)N2. The second-order valence-corrected chi connectivity index (χ2v) is 6.15. The highest BCUT2D eigenvalue weighted by Gasteiger charge is 2.15. The maximum absolute atomic E-state index is 12.3. The Balaban J connectivity index is 1.72. The molecule has 1 aromatic carbocycles. The average Bonchev–Trinajstić information content (AvgIpc) is 2.81. The van der Waals surface area contributed by atoms with Crippen LogP contribution in [0.4, 0.5) is 5.69 Å². The van der Waals surface area contributed by atoms with E-state index >= 15 is 0 Å². The van der Waals surface area contributed by atoms with E-state index in [2.05, 4.69) is 15.5 Å². The van der Waals surface area contributed by atoms with E-state index in [9.17, 15) is 9.59 Å². The van der Waals surface area contributed by atoms with Crippen LogP contribution in [-0.4, -0.2) is 32.2 Å². The van der Waals surface area contributed by atoms with Crippen molar-refractivity contribution in [3.8, 4) is 0 Å². The third-order valence-corrected chi connectivity index (χ3v) is 4.59. The Labute approximate surface area is 132 Å². The molecule has 1 aromatic heterocycles. The summed E-state index contributed by atoms with van der Waals surface area (Å²) in [6.07, 6.45) is 3.76. The number of aryl methyl sites for hydroxylation is 2. The zero-order valence-corrected chi connectivity index (χ0v) is 13.0. The van der Waals surface area contributed by atoms with Gasteiger partial charge in [0.15, 0.2) is 10.9 Å². The van der Waals surface area contributed by atoms with E-state index in [1.807, 2.05) is 19.2 Å². The van der Waals surface area contributed by atoms with Gasteiger partial charge in [-0.05, 0) is 36.6 Å². The number of nitrogens with zero attached hydrogens (tertiary/aromatic N) is 3. The number of Topliss-reactive ketones (excluding diaryl/α,β-unsaturated/α-hetero) is 1. The molecule has 114 valence electrons. The molecule has 0 saturated heterocycles. The van der Waals surface area contributed by atoms with Crippen LogP contribution in [0.25, 0.3) is 0 Å². The maximum Gasteiger partial charge on any atom is 0.224 e. The van der Waals surface area contributed by atoms with Gasteiger partial charge in [0, 0.05) is 24.7 Å². The topological polar surface area (TPSA) is 76.9 Å². The van der Waals surface area contributed by atoms with Crippen molar-refractivity contribution in [2.24, 2.45) is 7.05 Å². The van der Waals surface area contributed by atoms with Gasteiger partial charge < -0.3 is 9.88 Å². The molecule has 1 amide bonds. The number of benzene rings is 1. The molecule has 1 aliphatic heterocycles. The summed E-state index contributed by atoms with van der Waals surface area (Å²) in [5.41, 5.74) is 2.52. The number of fused-ring (bicyclic) bond motifs is 1. The standard InChI is InChI=1S/C15H16N4O2S/c1-19-9-16-18-15(19)22-8-13(20)11-5-6-12-10(7-11)3-2-4-14(21)17-12/h5-7,9H,2-4,8H2,1H3,(H,17,21). The number of aromatic nitrogens is 3. The molecule has 3 rings (SSSR count). The molecule has 2 aromatic rings. The van der Waals surface area contributed by atoms with Crippen molar-refractivity contribution in [3.63, 3.8) is 0 Å². The van der Waals surface area contributed by atoms with Crippen LogP contribution in [0.3, 0.4) is 0 Å². The summed E-state index contributed by atoms with van der Waals surface area (Å²) in [5, 5.41) is 11.3. The van der Waals surface area contributed by atoms with Crippen LogP contribution < -0.4 is 5.32 Å². The summed E-state index contributed by atoms with van der Waals surface area (Å²) in [7, 11) is 1.85. The quantitative estimate of drug-likeness (QED) is 0.690. The molecule has 0 aliphatic carbocycles. The Hall–Kier alpha value is -2.15. The number of hydrogen-bond acceptors (Lipinski definition) is 5. The summed E-state index contributed by atoms with van der Waals surface area (Å²) >= 11 is 1.37. The molecular formula is C15H16N4O2S. The van der Waals surface area contributed by atoms with Gasteiger partial charge in [0.2, 0.25) is 5.91 Å². The first-order valence-corrected chi connectivity index (χ1v) is 8.05. The van der Waals surface area contributed by atoms with Gasteiger partial charge in [-0.1, -0.05) is 11.8 Å². The first kappa shape index (κ1) is 14.8. The van der Waals surface area contributed by atoms with Crippen molar-refractivity contribution in [1.29, 1.82) is 0 Å². The fraction of sp³-hybridized carbons (Fsp3) is 0.333. The number of anilines is 1. The van der Waals surface area contributed by atoms with Gasteiger partial charge in [-0.25, -0.2) is 0 Å². The van der Waals surface area contributed by atoms with Crippen molar-refractivity contribution in [2.45, 2.75) is 24.4 Å². The molecule has 1 aliphatic rings. The summed E-state index contributed by atoms with van der Waals surface area (Å²) in [6, 6.07) is 5.48. The average molecular weight is 316 g/mol. The summed E-state index contributed by atoms with van der Waals surface area (Å²) < 4.78 is 1.78. The van der Waals surface area contributed by atoms with E-state index < -0.39 is 0 Å². The fourth-order valence-electron chi connectivity index (χ4n) is 2.36. The molecule has 2 heterocycles. The van der Waals surface area contributed by atoms with E-state index in [0.29, 0.717) is 17.7 Å². The summed E-state index contributed by atoms with van der Waals surface area (Å²) in [5.74, 6) is 0.402. The van der Waals surface area contributed by atoms with Crippen LogP contribution in [0.15, 0.2) is 29.7 Å². The van der Waals surface area contributed by atoms with Crippen LogP contribution in [0, 0.1) is 0 Å². The Morgan fingerprint density at radius 2 is 2.27 bits per heavy atom. The number of thioether (sulfide) groups is 1. The lowest BCUT2D eigenvalue weighted by Gasteiger charge is -2.08. The first-order chi connectivity index (χ1) is 10.6. The Morgan fingerprint density at radius 1 is 1.41 bits per heavy atom. The van der Waals surface area contributed by atoms with Gasteiger partial charge in [0.05, 0.1) is 5.75 Å². The predicted molar refractivity (Wildman–Crippen MR) is 84.1 cm³/mol. The third-order valence-electron chi connectivity index (χ3n) is 3.55. The fourth-order valence-corrected chi connectivity index (χ4v) is 3.15. The van der Waals surface area contributed by atoms with Crippen LogP contribution in [-0.2, 0) is 18.3 Å². The van der Waals surface area contributed by atoms with E-state index in [-0.39, 0.29) is 11.7 Å². The Bertz CT molecular complexity index is 726. The van der Waals surface area contributed by atoms with Crippen LogP contribution in [0.5, 0.6) is 0 Å². The van der Waals surface area contributed by atoms with Crippen molar-refractivity contribution in [1.82, 2.24) is 14.8 Å². The van der Waals surface area contributed by atoms with E-state index in [4.69, 9.17) is 0 Å². The number of amides is 1. The lowest BCUT2D eigenvalue weighted by molar-refractivity contribution is -0.116. The number of nitrogens with one attached hydrogen (secondary N) is 1. The minimum atomic E-state index is 0.0377. The molecule has 0 spiro atoms. The molecule has 6 nitrogen and oxygen atoms in total. The minimum Gasteiger partial charge on any atom is -0.326 e. The minimum absolute atomic E-state index is 0.0377. The van der Waals surface area contributed by atoms with Crippen LogP contribution >= 0.6 is 11.8 Å². The zero-order chi connectivity index (χ0) is 15.5. The van der Waals surface area contributed by atoms with E-state index in [1.165, 1.54) is 11.8 Å². The smallest absolute Gasteiger partial charge is 0.224 e. The molecule has 1 N–H and O–H groups in total. The van der Waals surface area contributed by atoms with Gasteiger partial charge in [-0.15, -0.1) is 10.2 Å². The molecule has 0 radical (unpaired) electrons. The van der Waals surface area contributed by atoms with Crippen molar-refractivity contribution < 1.29 is 9.59 Å². The van der Waals surface area contributed by atoms with Gasteiger partial charge in [-0.3, -0.25) is 9.59 Å². The molecule has 0 unspecified atom stereocenters. The van der Waals surface area contributed by atoms with Crippen LogP contribution in [0.1, 0.15) is 28.8 Å². The van der Waals surface area contributed by atoms with Crippen molar-refractivity contribution in [3.05, 3.63) is 35.7 Å². The lowest BCUT2D eigenvalue weighted by Crippen LogP contribution is -2.10. The highest BCUT2D eigenvalue weighted by molar-refractivity contribution is 7.99. The number of carbonyl (C=O) groups excluding carboxylic acids is 2. The number of ketones is 1. The number of carbonyl (C=O) groups is 2. The lowest BCUT2D eigenvalue weighted by atomic mass is 10.0. The third kappa shape index (κ3) is 3.19. The molecule has 7 heteroatoms. The normalized spacial score (nSPS) is 14.1. The monoisotopic (exact) mass is 316 g/mol. The maximum atomic E-state index is 12.3. The van der Waals surface area contributed by atoms with Gasteiger partial charge in [0.1, 0.15) is 6.33 Å². The molecule has 0 atom stereocenters. The molecule has 22 heavy (non-hydrogen) atoms. The second kappa shape index (κ2) is 6.31.